The lowest BCUT2D eigenvalue weighted by Gasteiger charge is -2.36. The van der Waals surface area contributed by atoms with Crippen LogP contribution in [0.5, 0.6) is 0 Å². The summed E-state index contributed by atoms with van der Waals surface area (Å²) in [6.07, 6.45) is 0.0692. The first-order chi connectivity index (χ1) is 16.7. The Morgan fingerprint density at radius 2 is 1.63 bits per heavy atom. The third-order valence-electron chi connectivity index (χ3n) is 7.81. The van der Waals surface area contributed by atoms with Gasteiger partial charge < -0.3 is 20.1 Å². The molecule has 2 amide bonds. The summed E-state index contributed by atoms with van der Waals surface area (Å²) in [6.45, 7) is 6.84. The number of benzene rings is 2. The number of nitrogens with one attached hydrogen (secondary N) is 1. The smallest absolute Gasteiger partial charge is 0.407 e. The fourth-order valence-electron chi connectivity index (χ4n) is 5.89. The highest BCUT2D eigenvalue weighted by atomic mass is 16.5. The first-order valence-corrected chi connectivity index (χ1v) is 12.3. The van der Waals surface area contributed by atoms with Gasteiger partial charge in [0.25, 0.3) is 0 Å². The van der Waals surface area contributed by atoms with Crippen LogP contribution in [0, 0.1) is 23.2 Å². The van der Waals surface area contributed by atoms with E-state index in [2.05, 4.69) is 29.6 Å². The van der Waals surface area contributed by atoms with E-state index in [1.54, 1.807) is 4.90 Å². The number of carboxylic acids is 1. The molecule has 2 N–H and O–H groups in total. The number of carbonyl (C=O) groups is 3. The third-order valence-corrected chi connectivity index (χ3v) is 7.81. The van der Waals surface area contributed by atoms with Gasteiger partial charge in [-0.2, -0.15) is 0 Å². The van der Waals surface area contributed by atoms with Crippen molar-refractivity contribution in [2.24, 2.45) is 23.2 Å². The van der Waals surface area contributed by atoms with Gasteiger partial charge in [0.05, 0.1) is 5.92 Å². The fourth-order valence-corrected chi connectivity index (χ4v) is 5.89. The summed E-state index contributed by atoms with van der Waals surface area (Å²) in [4.78, 5) is 39.4. The number of likely N-dealkylation sites (tertiary alicyclic amines) is 1. The Bertz CT molecular complexity index is 1120. The number of carbonyl (C=O) groups excluding carboxylic acids is 2. The second-order valence-electron chi connectivity index (χ2n) is 11.0. The van der Waals surface area contributed by atoms with Crippen LogP contribution in [0.3, 0.4) is 0 Å². The number of amides is 2. The van der Waals surface area contributed by atoms with Crippen LogP contribution in [0.15, 0.2) is 48.5 Å². The van der Waals surface area contributed by atoms with E-state index in [-0.39, 0.29) is 36.2 Å². The van der Waals surface area contributed by atoms with Crippen LogP contribution in [-0.4, -0.2) is 53.7 Å². The molecule has 1 unspecified atom stereocenters. The maximum absolute atomic E-state index is 13.4. The van der Waals surface area contributed by atoms with Crippen LogP contribution in [0.1, 0.15) is 44.2 Å². The maximum Gasteiger partial charge on any atom is 0.407 e. The molecule has 1 heterocycles. The second-order valence-corrected chi connectivity index (χ2v) is 11.0. The fraction of sp³-hybridized carbons (Fsp3) is 0.464. The van der Waals surface area contributed by atoms with Crippen molar-refractivity contribution in [1.29, 1.82) is 0 Å². The topological polar surface area (TPSA) is 95.9 Å². The molecule has 2 fully saturated rings. The zero-order valence-corrected chi connectivity index (χ0v) is 20.4. The summed E-state index contributed by atoms with van der Waals surface area (Å²) in [6, 6.07) is 15.5. The number of rotatable bonds is 5. The van der Waals surface area contributed by atoms with Crippen molar-refractivity contribution < 1.29 is 24.2 Å². The predicted molar refractivity (Wildman–Crippen MR) is 131 cm³/mol. The van der Waals surface area contributed by atoms with Crippen molar-refractivity contribution in [2.75, 3.05) is 19.7 Å². The summed E-state index contributed by atoms with van der Waals surface area (Å²) >= 11 is 0. The summed E-state index contributed by atoms with van der Waals surface area (Å²) < 4.78 is 5.68. The van der Waals surface area contributed by atoms with Crippen LogP contribution in [-0.2, 0) is 14.3 Å². The molecule has 7 heteroatoms. The second kappa shape index (κ2) is 8.70. The highest BCUT2D eigenvalue weighted by Gasteiger charge is 2.58. The Morgan fingerprint density at radius 1 is 1.03 bits per heavy atom. The van der Waals surface area contributed by atoms with E-state index in [4.69, 9.17) is 4.74 Å². The van der Waals surface area contributed by atoms with E-state index >= 15 is 0 Å². The largest absolute Gasteiger partial charge is 0.481 e. The van der Waals surface area contributed by atoms with Crippen LogP contribution >= 0.6 is 0 Å². The molecule has 0 spiro atoms. The molecular formula is C28H32N2O5. The lowest BCUT2D eigenvalue weighted by Crippen LogP contribution is -2.56. The summed E-state index contributed by atoms with van der Waals surface area (Å²) in [7, 11) is 0. The van der Waals surface area contributed by atoms with Crippen LogP contribution in [0.4, 0.5) is 4.79 Å². The van der Waals surface area contributed by atoms with Gasteiger partial charge in [-0.1, -0.05) is 69.3 Å². The average Bonchev–Trinajstić information content (AvgIpc) is 3.47. The van der Waals surface area contributed by atoms with Crippen molar-refractivity contribution in [3.63, 3.8) is 0 Å². The molecule has 184 valence electrons. The first-order valence-electron chi connectivity index (χ1n) is 12.3. The molecule has 2 aliphatic carbocycles. The summed E-state index contributed by atoms with van der Waals surface area (Å²) in [5.41, 5.74) is 4.04. The molecule has 35 heavy (non-hydrogen) atoms. The molecule has 7 nitrogen and oxygen atoms in total. The van der Waals surface area contributed by atoms with Gasteiger partial charge in [-0.3, -0.25) is 9.59 Å². The monoisotopic (exact) mass is 476 g/mol. The summed E-state index contributed by atoms with van der Waals surface area (Å²) in [5, 5.41) is 12.2. The molecule has 3 aliphatic rings. The van der Waals surface area contributed by atoms with E-state index in [1.165, 1.54) is 0 Å². The normalized spacial score (nSPS) is 23.5. The molecule has 1 aliphatic heterocycles. The Morgan fingerprint density at radius 3 is 2.20 bits per heavy atom. The van der Waals surface area contributed by atoms with E-state index in [0.29, 0.717) is 19.5 Å². The van der Waals surface area contributed by atoms with Gasteiger partial charge in [0, 0.05) is 19.0 Å². The van der Waals surface area contributed by atoms with Crippen molar-refractivity contribution in [1.82, 2.24) is 10.2 Å². The van der Waals surface area contributed by atoms with Gasteiger partial charge in [-0.15, -0.1) is 0 Å². The number of aliphatic carboxylic acids is 1. The highest BCUT2D eigenvalue weighted by molar-refractivity contribution is 5.87. The van der Waals surface area contributed by atoms with Crippen molar-refractivity contribution >= 4 is 18.0 Å². The minimum atomic E-state index is -0.779. The van der Waals surface area contributed by atoms with E-state index in [9.17, 15) is 19.5 Å². The van der Waals surface area contributed by atoms with Crippen molar-refractivity contribution in [2.45, 2.75) is 39.2 Å². The quantitative estimate of drug-likeness (QED) is 0.677. The van der Waals surface area contributed by atoms with Crippen molar-refractivity contribution in [3.05, 3.63) is 59.7 Å². The minimum Gasteiger partial charge on any atom is -0.481 e. The zero-order chi connectivity index (χ0) is 24.9. The number of nitrogens with zero attached hydrogens (tertiary/aromatic N) is 1. The standard InChI is InChI=1S/C28H32N2O5/c1-28(2,3)24(25(31)30-13-12-20-21(14-30)23(20)26(32)33)29-27(34)35-15-22-18-10-6-4-8-16(18)17-9-5-7-11-19(17)22/h4-11,20-24H,12-15H2,1-3H3,(H,29,34)(H,32,33)/t20-,21+,23?,24+/m0/s1. The van der Waals surface area contributed by atoms with Crippen LogP contribution < -0.4 is 5.32 Å². The van der Waals surface area contributed by atoms with Gasteiger partial charge in [0.2, 0.25) is 5.91 Å². The molecule has 0 radical (unpaired) electrons. The van der Waals surface area contributed by atoms with Gasteiger partial charge in [0.1, 0.15) is 12.6 Å². The molecule has 5 rings (SSSR count). The Labute approximate surface area is 205 Å². The third kappa shape index (κ3) is 4.28. The number of fused-ring (bicyclic) bond motifs is 4. The van der Waals surface area contributed by atoms with E-state index < -0.39 is 23.5 Å². The Balaban J connectivity index is 1.25. The average molecular weight is 477 g/mol. The van der Waals surface area contributed by atoms with E-state index in [0.717, 1.165) is 22.3 Å². The summed E-state index contributed by atoms with van der Waals surface area (Å²) in [5.74, 6) is -1.19. The van der Waals surface area contributed by atoms with Crippen molar-refractivity contribution in [3.8, 4) is 11.1 Å². The van der Waals surface area contributed by atoms with Crippen LogP contribution in [0.25, 0.3) is 11.1 Å². The number of hydrogen-bond acceptors (Lipinski definition) is 4. The highest BCUT2D eigenvalue weighted by Crippen LogP contribution is 2.52. The molecule has 0 aromatic heterocycles. The molecule has 1 saturated carbocycles. The van der Waals surface area contributed by atoms with Gasteiger partial charge >= 0.3 is 12.1 Å². The number of ether oxygens (including phenoxy) is 1. The lowest BCUT2D eigenvalue weighted by atomic mass is 9.85. The SMILES string of the molecule is CC(C)(C)[C@H](NC(=O)OCC1c2ccccc2-c2ccccc21)C(=O)N1CC[C@@H]2C(C(=O)O)[C@@H]2C1. The maximum atomic E-state index is 13.4. The molecule has 2 aromatic rings. The molecule has 1 saturated heterocycles. The van der Waals surface area contributed by atoms with Crippen LogP contribution in [0.2, 0.25) is 0 Å². The first kappa shape index (κ1) is 23.4. The van der Waals surface area contributed by atoms with Gasteiger partial charge in [-0.25, -0.2) is 4.79 Å². The number of piperidine rings is 1. The minimum absolute atomic E-state index is 0.0141. The van der Waals surface area contributed by atoms with E-state index in [1.807, 2.05) is 45.0 Å². The zero-order valence-electron chi connectivity index (χ0n) is 20.4. The predicted octanol–water partition coefficient (Wildman–Crippen LogP) is 4.12. The Kier molecular flexibility index (Phi) is 5.82. The number of hydrogen-bond donors (Lipinski definition) is 2. The number of alkyl carbamates (subject to hydrolysis) is 1. The molecular weight excluding hydrogens is 444 g/mol. The lowest BCUT2D eigenvalue weighted by molar-refractivity contribution is -0.140. The number of carboxylic acid groups (broad SMARTS) is 1. The molecule has 0 bridgehead atoms. The molecule has 4 atom stereocenters. The van der Waals surface area contributed by atoms with Gasteiger partial charge in [-0.05, 0) is 45.9 Å². The molecule has 2 aromatic carbocycles. The Hall–Kier alpha value is -3.35. The van der Waals surface area contributed by atoms with Gasteiger partial charge in [0.15, 0.2) is 0 Å².